The van der Waals surface area contributed by atoms with Crippen LogP contribution in [0.5, 0.6) is 5.75 Å². The lowest BCUT2D eigenvalue weighted by molar-refractivity contribution is 0.122. The number of aromatic amines is 1. The molecule has 1 aromatic carbocycles. The summed E-state index contributed by atoms with van der Waals surface area (Å²) in [4.78, 5) is 15.5. The number of ether oxygens (including phenoxy) is 1. The van der Waals surface area contributed by atoms with Crippen LogP contribution in [-0.4, -0.2) is 30.7 Å². The molecule has 1 heterocycles. The predicted octanol–water partition coefficient (Wildman–Crippen LogP) is 7.79. The topological polar surface area (TPSA) is 80.1 Å². The zero-order valence-corrected chi connectivity index (χ0v) is 24.8. The van der Waals surface area contributed by atoms with Gasteiger partial charge in [0.1, 0.15) is 6.10 Å². The number of aromatic nitrogens is 1. The van der Waals surface area contributed by atoms with Gasteiger partial charge < -0.3 is 20.8 Å². The van der Waals surface area contributed by atoms with E-state index in [1.807, 2.05) is 6.07 Å². The van der Waals surface area contributed by atoms with E-state index in [1.165, 1.54) is 102 Å². The summed E-state index contributed by atoms with van der Waals surface area (Å²) in [5, 5.41) is 3.61. The van der Waals surface area contributed by atoms with Gasteiger partial charge in [0.25, 0.3) is 0 Å². The van der Waals surface area contributed by atoms with Crippen LogP contribution in [-0.2, 0) is 6.42 Å². The highest BCUT2D eigenvalue weighted by atomic mass is 16.5. The Morgan fingerprint density at radius 1 is 0.821 bits per heavy atom. The first-order chi connectivity index (χ1) is 19.2. The third kappa shape index (κ3) is 15.9. The van der Waals surface area contributed by atoms with Gasteiger partial charge in [-0.1, -0.05) is 127 Å². The van der Waals surface area contributed by atoms with Crippen LogP contribution >= 0.6 is 0 Å². The summed E-state index contributed by atoms with van der Waals surface area (Å²) in [5.74, 6) is 0.728. The van der Waals surface area contributed by atoms with Crippen LogP contribution in [0.25, 0.3) is 0 Å². The Hall–Kier alpha value is -2.11. The van der Waals surface area contributed by atoms with Crippen LogP contribution in [0.3, 0.4) is 0 Å². The molecule has 220 valence electrons. The van der Waals surface area contributed by atoms with Gasteiger partial charge in [-0.15, -0.1) is 0 Å². The fraction of sp³-hybridized carbons (Fsp3) is 0.676. The number of nitrogens with two attached hydrogens (primary N) is 1. The number of nitrogens with one attached hydrogen (secondary N) is 2. The van der Waals surface area contributed by atoms with Gasteiger partial charge in [-0.05, 0) is 31.5 Å². The molecule has 0 spiro atoms. The molecule has 2 atom stereocenters. The van der Waals surface area contributed by atoms with Crippen molar-refractivity contribution in [2.24, 2.45) is 11.7 Å². The molecule has 4 N–H and O–H groups in total. The summed E-state index contributed by atoms with van der Waals surface area (Å²) >= 11 is 0. The summed E-state index contributed by atoms with van der Waals surface area (Å²) in [6.07, 6.45) is 25.3. The van der Waals surface area contributed by atoms with Gasteiger partial charge in [-0.3, -0.25) is 4.79 Å². The number of rotatable bonds is 25. The van der Waals surface area contributed by atoms with E-state index in [1.54, 1.807) is 12.4 Å². The van der Waals surface area contributed by atoms with Crippen molar-refractivity contribution in [3.8, 4) is 5.75 Å². The van der Waals surface area contributed by atoms with Crippen LogP contribution in [0.2, 0.25) is 0 Å². The third-order valence-corrected chi connectivity index (χ3v) is 7.76. The minimum absolute atomic E-state index is 0.0664. The van der Waals surface area contributed by atoms with Gasteiger partial charge in [0.05, 0.1) is 0 Å². The largest absolute Gasteiger partial charge is 0.484 e. The van der Waals surface area contributed by atoms with Crippen LogP contribution in [0, 0.1) is 5.92 Å². The van der Waals surface area contributed by atoms with Crippen molar-refractivity contribution in [3.05, 3.63) is 64.6 Å². The van der Waals surface area contributed by atoms with Gasteiger partial charge in [0, 0.05) is 37.3 Å². The van der Waals surface area contributed by atoms with E-state index in [2.05, 4.69) is 41.5 Å². The number of benzene rings is 1. The maximum Gasteiger partial charge on any atom is 0.223 e. The number of unbranched alkanes of at least 4 members (excludes halogenated alkanes) is 13. The summed E-state index contributed by atoms with van der Waals surface area (Å²) in [7, 11) is 0. The molecule has 5 nitrogen and oxygen atoms in total. The van der Waals surface area contributed by atoms with Gasteiger partial charge in [0.15, 0.2) is 5.75 Å². The third-order valence-electron chi connectivity index (χ3n) is 7.76. The van der Waals surface area contributed by atoms with Crippen LogP contribution in [0.1, 0.15) is 115 Å². The lowest BCUT2D eigenvalue weighted by atomic mass is 9.90. The molecular formula is C34H57N3O2. The Balaban J connectivity index is 1.79. The average Bonchev–Trinajstić information content (AvgIpc) is 2.95. The molecule has 39 heavy (non-hydrogen) atoms. The zero-order valence-electron chi connectivity index (χ0n) is 24.8. The normalized spacial score (nSPS) is 12.9. The second-order valence-corrected chi connectivity index (χ2v) is 11.2. The molecule has 0 amide bonds. The molecule has 0 saturated heterocycles. The summed E-state index contributed by atoms with van der Waals surface area (Å²) < 4.78 is 6.43. The number of H-pyrrole nitrogens is 1. The summed E-state index contributed by atoms with van der Waals surface area (Å²) in [6.45, 7) is 4.77. The van der Waals surface area contributed by atoms with Gasteiger partial charge >= 0.3 is 0 Å². The van der Waals surface area contributed by atoms with Crippen molar-refractivity contribution >= 4 is 0 Å². The molecule has 5 heteroatoms. The Morgan fingerprint density at radius 2 is 1.44 bits per heavy atom. The number of hydrogen-bond donors (Lipinski definition) is 3. The minimum Gasteiger partial charge on any atom is -0.484 e. The summed E-state index contributed by atoms with van der Waals surface area (Å²) in [5.41, 5.74) is 6.89. The molecule has 0 aliphatic heterocycles. The van der Waals surface area contributed by atoms with Crippen molar-refractivity contribution in [2.75, 3.05) is 19.6 Å². The molecular weight excluding hydrogens is 482 g/mol. The van der Waals surface area contributed by atoms with Gasteiger partial charge in [-0.25, -0.2) is 0 Å². The highest BCUT2D eigenvalue weighted by Crippen LogP contribution is 2.22. The second-order valence-electron chi connectivity index (χ2n) is 11.2. The number of pyridine rings is 1. The maximum atomic E-state index is 12.5. The monoisotopic (exact) mass is 539 g/mol. The highest BCUT2D eigenvalue weighted by molar-refractivity contribution is 5.19. The van der Waals surface area contributed by atoms with Crippen LogP contribution < -0.4 is 21.2 Å². The first-order valence-corrected chi connectivity index (χ1v) is 16.0. The molecule has 1 aromatic heterocycles. The van der Waals surface area contributed by atoms with E-state index in [0.717, 1.165) is 32.4 Å². The average molecular weight is 540 g/mol. The summed E-state index contributed by atoms with van der Waals surface area (Å²) in [6, 6.07) is 12.0. The van der Waals surface area contributed by atoms with Crippen LogP contribution in [0.4, 0.5) is 0 Å². The molecule has 0 saturated carbocycles. The highest BCUT2D eigenvalue weighted by Gasteiger charge is 2.24. The Kier molecular flexibility index (Phi) is 19.2. The van der Waals surface area contributed by atoms with Crippen molar-refractivity contribution in [2.45, 2.75) is 122 Å². The lowest BCUT2D eigenvalue weighted by Crippen LogP contribution is -2.38. The standard InChI is InChI=1S/C34H57N3O2/c1-2-3-4-5-6-7-8-9-10-11-12-13-14-18-22-31(28-36-25-19-24-35)33(27-30-20-16-15-17-21-30)39-34-29-37-26-23-32(34)38/h15-17,20-21,23,26,29,31,33,36H,2-14,18-19,22,24-25,27-28,35H2,1H3,(H,37,38). The zero-order chi connectivity index (χ0) is 27.8. The van der Waals surface area contributed by atoms with E-state index >= 15 is 0 Å². The quantitative estimate of drug-likeness (QED) is 0.113. The Labute approximate surface area is 238 Å². The first kappa shape index (κ1) is 33.1. The lowest BCUT2D eigenvalue weighted by Gasteiger charge is -2.28. The SMILES string of the molecule is CCCCCCCCCCCCCCCCC(CNCCCN)C(Cc1ccccc1)Oc1c[nH]ccc1=O. The Morgan fingerprint density at radius 3 is 2.03 bits per heavy atom. The molecule has 0 radical (unpaired) electrons. The van der Waals surface area contributed by atoms with E-state index < -0.39 is 0 Å². The first-order valence-electron chi connectivity index (χ1n) is 16.0. The van der Waals surface area contributed by atoms with E-state index in [9.17, 15) is 4.79 Å². The molecule has 0 bridgehead atoms. The van der Waals surface area contributed by atoms with E-state index in [-0.39, 0.29) is 11.5 Å². The fourth-order valence-corrected chi connectivity index (χ4v) is 5.34. The molecule has 2 unspecified atom stereocenters. The van der Waals surface area contributed by atoms with E-state index in [4.69, 9.17) is 10.5 Å². The minimum atomic E-state index is -0.0712. The molecule has 2 rings (SSSR count). The van der Waals surface area contributed by atoms with Crippen molar-refractivity contribution in [1.82, 2.24) is 10.3 Å². The molecule has 0 aliphatic rings. The van der Waals surface area contributed by atoms with Crippen molar-refractivity contribution in [3.63, 3.8) is 0 Å². The van der Waals surface area contributed by atoms with Crippen LogP contribution in [0.15, 0.2) is 53.6 Å². The van der Waals surface area contributed by atoms with Crippen molar-refractivity contribution < 1.29 is 4.74 Å². The van der Waals surface area contributed by atoms with E-state index in [0.29, 0.717) is 18.2 Å². The smallest absolute Gasteiger partial charge is 0.223 e. The molecule has 0 fully saturated rings. The second kappa shape index (κ2) is 22.7. The Bertz CT molecular complexity index is 870. The molecule has 0 aliphatic carbocycles. The van der Waals surface area contributed by atoms with Gasteiger partial charge in [-0.2, -0.15) is 0 Å². The molecule has 2 aromatic rings. The van der Waals surface area contributed by atoms with Gasteiger partial charge in [0.2, 0.25) is 5.43 Å². The predicted molar refractivity (Wildman–Crippen MR) is 167 cm³/mol. The fourth-order valence-electron chi connectivity index (χ4n) is 5.34. The number of hydrogen-bond acceptors (Lipinski definition) is 4. The maximum absolute atomic E-state index is 12.5. The van der Waals surface area contributed by atoms with Crippen molar-refractivity contribution in [1.29, 1.82) is 0 Å².